The van der Waals surface area contributed by atoms with Crippen LogP contribution in [0.15, 0.2) is 23.8 Å². The number of benzene rings is 1. The molecule has 1 aromatic heterocycles. The SMILES string of the molecule is COC(=O)C(CC(C)C)NC(=O)[C@]12CC[C@@H](C)[C@H](C)[C@H]1C1=CC[C@@H]3[C@@]4(C)Cc5nc6cc(Cl)c(Cl)cc6nc5C(C)(C)[C@@H]4CC[C@@]3(C)[C@]1(C)CC2. The molecular formula is C43H59Cl2N3O3. The zero-order chi connectivity index (χ0) is 37.1. The summed E-state index contributed by atoms with van der Waals surface area (Å²) in [5.74, 6) is 1.94. The van der Waals surface area contributed by atoms with E-state index in [1.165, 1.54) is 12.7 Å². The van der Waals surface area contributed by atoms with Gasteiger partial charge in [0.2, 0.25) is 5.91 Å². The van der Waals surface area contributed by atoms with Crippen LogP contribution in [0.2, 0.25) is 10.0 Å². The van der Waals surface area contributed by atoms with Gasteiger partial charge in [0.1, 0.15) is 6.04 Å². The number of halogens is 2. The predicted octanol–water partition coefficient (Wildman–Crippen LogP) is 10.3. The predicted molar refractivity (Wildman–Crippen MR) is 206 cm³/mol. The Morgan fingerprint density at radius 1 is 0.941 bits per heavy atom. The van der Waals surface area contributed by atoms with Crippen molar-refractivity contribution in [2.24, 2.45) is 57.2 Å². The van der Waals surface area contributed by atoms with Gasteiger partial charge in [0.05, 0.1) is 45.0 Å². The summed E-state index contributed by atoms with van der Waals surface area (Å²) in [6.45, 7) is 21.4. The second-order valence-corrected chi connectivity index (χ2v) is 20.0. The second-order valence-electron chi connectivity index (χ2n) is 19.2. The van der Waals surface area contributed by atoms with E-state index in [2.05, 4.69) is 73.7 Å². The highest BCUT2D eigenvalue weighted by Crippen LogP contribution is 2.75. The molecule has 278 valence electrons. The minimum atomic E-state index is -0.622. The van der Waals surface area contributed by atoms with Crippen LogP contribution in [0.1, 0.15) is 125 Å². The first-order chi connectivity index (χ1) is 23.8. The number of nitrogens with one attached hydrogen (secondary N) is 1. The maximum absolute atomic E-state index is 14.7. The third-order valence-corrected chi connectivity index (χ3v) is 16.7. The van der Waals surface area contributed by atoms with E-state index in [4.69, 9.17) is 37.9 Å². The maximum Gasteiger partial charge on any atom is 0.328 e. The first kappa shape index (κ1) is 37.1. The van der Waals surface area contributed by atoms with Crippen molar-refractivity contribution in [3.05, 3.63) is 45.2 Å². The molecule has 1 aromatic carbocycles. The van der Waals surface area contributed by atoms with Crippen molar-refractivity contribution in [2.45, 2.75) is 132 Å². The molecule has 0 bridgehead atoms. The van der Waals surface area contributed by atoms with Crippen LogP contribution < -0.4 is 5.32 Å². The average molecular weight is 737 g/mol. The molecule has 10 atom stereocenters. The van der Waals surface area contributed by atoms with Crippen molar-refractivity contribution in [2.75, 3.05) is 7.11 Å². The summed E-state index contributed by atoms with van der Waals surface area (Å²) in [6, 6.07) is 3.10. The molecule has 0 saturated heterocycles. The molecule has 0 radical (unpaired) electrons. The van der Waals surface area contributed by atoms with Crippen LogP contribution in [0.4, 0.5) is 0 Å². The molecule has 0 aliphatic heterocycles. The van der Waals surface area contributed by atoms with Crippen molar-refractivity contribution in [3.63, 3.8) is 0 Å². The van der Waals surface area contributed by atoms with E-state index in [0.717, 1.165) is 73.8 Å². The van der Waals surface area contributed by atoms with E-state index in [-0.39, 0.29) is 45.4 Å². The molecule has 5 aliphatic rings. The fourth-order valence-corrected chi connectivity index (χ4v) is 13.4. The van der Waals surface area contributed by atoms with Crippen molar-refractivity contribution in [1.82, 2.24) is 15.3 Å². The molecule has 7 rings (SSSR count). The summed E-state index contributed by atoms with van der Waals surface area (Å²) in [6.07, 6.45) is 11.1. The Kier molecular flexibility index (Phi) is 9.06. The lowest BCUT2D eigenvalue weighted by Gasteiger charge is -2.71. The number of ether oxygens (including phenoxy) is 1. The number of hydrogen-bond acceptors (Lipinski definition) is 5. The molecule has 1 heterocycles. The van der Waals surface area contributed by atoms with E-state index in [0.29, 0.717) is 40.1 Å². The summed E-state index contributed by atoms with van der Waals surface area (Å²) in [7, 11) is 1.42. The third kappa shape index (κ3) is 5.29. The number of rotatable bonds is 5. The van der Waals surface area contributed by atoms with Gasteiger partial charge < -0.3 is 10.1 Å². The lowest BCUT2D eigenvalue weighted by atomic mass is 9.33. The van der Waals surface area contributed by atoms with Gasteiger partial charge in [-0.1, -0.05) is 97.2 Å². The lowest BCUT2D eigenvalue weighted by Crippen LogP contribution is -2.66. The summed E-state index contributed by atoms with van der Waals surface area (Å²) < 4.78 is 5.18. The van der Waals surface area contributed by atoms with Crippen LogP contribution in [0.3, 0.4) is 0 Å². The second kappa shape index (κ2) is 12.4. The summed E-state index contributed by atoms with van der Waals surface area (Å²) in [5.41, 5.74) is 4.74. The van der Waals surface area contributed by atoms with E-state index >= 15 is 0 Å². The summed E-state index contributed by atoms with van der Waals surface area (Å²) in [5, 5.41) is 4.30. The highest BCUT2D eigenvalue weighted by molar-refractivity contribution is 6.42. The number of amides is 1. The molecule has 0 spiro atoms. The Labute approximate surface area is 315 Å². The molecule has 5 aliphatic carbocycles. The Balaban J connectivity index is 1.29. The van der Waals surface area contributed by atoms with Gasteiger partial charge in [-0.25, -0.2) is 14.8 Å². The van der Waals surface area contributed by atoms with E-state index in [9.17, 15) is 9.59 Å². The summed E-state index contributed by atoms with van der Waals surface area (Å²) in [4.78, 5) is 38.2. The maximum atomic E-state index is 14.7. The molecule has 8 heteroatoms. The van der Waals surface area contributed by atoms with Gasteiger partial charge in [-0.15, -0.1) is 0 Å². The monoisotopic (exact) mass is 735 g/mol. The van der Waals surface area contributed by atoms with Crippen LogP contribution in [0, 0.1) is 57.2 Å². The summed E-state index contributed by atoms with van der Waals surface area (Å²) >= 11 is 12.9. The highest BCUT2D eigenvalue weighted by atomic mass is 35.5. The molecule has 2 aromatic rings. The van der Waals surface area contributed by atoms with Crippen molar-refractivity contribution < 1.29 is 14.3 Å². The van der Waals surface area contributed by atoms with Gasteiger partial charge in [0.25, 0.3) is 0 Å². The Bertz CT molecular complexity index is 1810. The van der Waals surface area contributed by atoms with Crippen LogP contribution >= 0.6 is 23.2 Å². The van der Waals surface area contributed by atoms with Crippen molar-refractivity contribution >= 4 is 46.1 Å². The number of carbonyl (C=O) groups is 2. The van der Waals surface area contributed by atoms with Gasteiger partial charge in [-0.2, -0.15) is 0 Å². The number of allylic oxidation sites excluding steroid dienone is 2. The zero-order valence-corrected chi connectivity index (χ0v) is 34.0. The third-order valence-electron chi connectivity index (χ3n) is 16.0. The van der Waals surface area contributed by atoms with Gasteiger partial charge in [0, 0.05) is 5.41 Å². The minimum absolute atomic E-state index is 0.0229. The number of nitrogens with zero attached hydrogens (tertiary/aromatic N) is 2. The quantitative estimate of drug-likeness (QED) is 0.244. The van der Waals surface area contributed by atoms with Crippen molar-refractivity contribution in [1.29, 1.82) is 0 Å². The van der Waals surface area contributed by atoms with Crippen LogP contribution in [0.25, 0.3) is 11.0 Å². The van der Waals surface area contributed by atoms with Crippen molar-refractivity contribution in [3.8, 4) is 0 Å². The van der Waals surface area contributed by atoms with E-state index in [1.54, 1.807) is 0 Å². The Hall–Kier alpha value is -2.18. The zero-order valence-electron chi connectivity index (χ0n) is 32.5. The van der Waals surface area contributed by atoms with E-state index in [1.807, 2.05) is 12.1 Å². The molecule has 51 heavy (non-hydrogen) atoms. The normalized spacial score (nSPS) is 38.7. The Morgan fingerprint density at radius 3 is 2.25 bits per heavy atom. The van der Waals surface area contributed by atoms with E-state index < -0.39 is 11.5 Å². The number of aromatic nitrogens is 2. The lowest BCUT2D eigenvalue weighted by molar-refractivity contribution is -0.171. The first-order valence-electron chi connectivity index (χ1n) is 19.6. The minimum Gasteiger partial charge on any atom is -0.467 e. The molecular weight excluding hydrogens is 677 g/mol. The number of carbonyl (C=O) groups excluding carboxylic acids is 2. The van der Waals surface area contributed by atoms with Gasteiger partial charge >= 0.3 is 5.97 Å². The molecule has 1 amide bonds. The smallest absolute Gasteiger partial charge is 0.328 e. The fourth-order valence-electron chi connectivity index (χ4n) is 13.1. The Morgan fingerprint density at radius 2 is 1.61 bits per heavy atom. The average Bonchev–Trinajstić information content (AvgIpc) is 3.05. The van der Waals surface area contributed by atoms with Gasteiger partial charge in [-0.3, -0.25) is 4.79 Å². The number of methoxy groups -OCH3 is 1. The molecule has 3 fully saturated rings. The van der Waals surface area contributed by atoms with Crippen LogP contribution in [-0.2, 0) is 26.2 Å². The largest absolute Gasteiger partial charge is 0.467 e. The molecule has 1 N–H and O–H groups in total. The van der Waals surface area contributed by atoms with Gasteiger partial charge in [0.15, 0.2) is 0 Å². The topological polar surface area (TPSA) is 81.2 Å². The van der Waals surface area contributed by atoms with Crippen LogP contribution in [-0.4, -0.2) is 35.0 Å². The highest BCUT2D eigenvalue weighted by Gasteiger charge is 2.69. The number of fused-ring (bicyclic) bond motifs is 9. The number of hydrogen-bond donors (Lipinski definition) is 1. The van der Waals surface area contributed by atoms with Crippen LogP contribution in [0.5, 0.6) is 0 Å². The van der Waals surface area contributed by atoms with Gasteiger partial charge in [-0.05, 0) is 122 Å². The molecule has 6 nitrogen and oxygen atoms in total. The number of esters is 1. The first-order valence-corrected chi connectivity index (χ1v) is 20.3. The molecule has 1 unspecified atom stereocenters. The fraction of sp³-hybridized carbons (Fsp3) is 0.721. The molecule has 3 saturated carbocycles. The standard InChI is InChI=1S/C43H59Cl2N3O3/c1-23(2)19-31(37(49)51-10)48-38(50)43-16-13-24(3)25(4)35(43)26-11-12-34-40(7)22-32-36(47-30-21-28(45)27(44)20-29(30)46-32)39(5,6)33(40)14-15-42(34,9)41(26,8)17-18-43/h11,20-21,23-25,31,33-35H,12-19,22H2,1-10H3,(H,48,50)/t24-,25+,31?,33+,34-,35+,40+,41-,42-,43+/m1/s1.